The van der Waals surface area contributed by atoms with Crippen molar-refractivity contribution in [2.75, 3.05) is 25.4 Å². The van der Waals surface area contributed by atoms with Crippen molar-refractivity contribution in [1.29, 1.82) is 0 Å². The molecule has 0 fully saturated rings. The van der Waals surface area contributed by atoms with Crippen LogP contribution < -0.4 is 10.5 Å². The molecule has 0 saturated heterocycles. The van der Waals surface area contributed by atoms with Crippen LogP contribution in [-0.4, -0.2) is 38.2 Å². The normalized spacial score (nSPS) is 20.4. The molecule has 0 amide bonds. The first-order chi connectivity index (χ1) is 9.10. The summed E-state index contributed by atoms with van der Waals surface area (Å²) in [6.45, 7) is 2.82. The molecule has 6 heteroatoms. The van der Waals surface area contributed by atoms with Crippen molar-refractivity contribution in [1.82, 2.24) is 4.31 Å². The van der Waals surface area contributed by atoms with Crippen LogP contribution in [0.3, 0.4) is 0 Å². The van der Waals surface area contributed by atoms with Crippen LogP contribution in [0.2, 0.25) is 0 Å². The van der Waals surface area contributed by atoms with Gasteiger partial charge in [-0.05, 0) is 12.5 Å². The number of ether oxygens (including phenoxy) is 1. The fourth-order valence-electron chi connectivity index (χ4n) is 2.40. The van der Waals surface area contributed by atoms with Crippen LogP contribution in [0, 0.1) is 0 Å². The van der Waals surface area contributed by atoms with Gasteiger partial charge >= 0.3 is 0 Å². The Hall–Kier alpha value is -1.11. The zero-order valence-electron chi connectivity index (χ0n) is 11.1. The van der Waals surface area contributed by atoms with Crippen LogP contribution >= 0.6 is 0 Å². The van der Waals surface area contributed by atoms with Gasteiger partial charge in [0.05, 0.1) is 11.8 Å². The molecule has 5 nitrogen and oxygen atoms in total. The molecule has 1 aliphatic rings. The largest absolute Gasteiger partial charge is 0.492 e. The van der Waals surface area contributed by atoms with Crippen LogP contribution in [0.1, 0.15) is 24.9 Å². The van der Waals surface area contributed by atoms with Crippen LogP contribution in [-0.2, 0) is 10.0 Å². The maximum Gasteiger partial charge on any atom is 0.214 e. The van der Waals surface area contributed by atoms with Crippen LogP contribution in [0.4, 0.5) is 0 Å². The molecular weight excluding hydrogens is 264 g/mol. The minimum atomic E-state index is -3.29. The molecule has 19 heavy (non-hydrogen) atoms. The van der Waals surface area contributed by atoms with Crippen LogP contribution in [0.25, 0.3) is 0 Å². The first-order valence-electron chi connectivity index (χ1n) is 6.51. The molecule has 0 aliphatic carbocycles. The third kappa shape index (κ3) is 2.91. The Balaban J connectivity index is 2.42. The van der Waals surface area contributed by atoms with E-state index in [9.17, 15) is 8.42 Å². The molecule has 0 spiro atoms. The molecule has 1 atom stereocenters. The molecular formula is C13H20N2O3S. The number of nitrogens with zero attached hydrogens (tertiary/aromatic N) is 1. The van der Waals surface area contributed by atoms with Crippen molar-refractivity contribution < 1.29 is 13.2 Å². The second-order valence-electron chi connectivity index (χ2n) is 4.56. The second-order valence-corrected chi connectivity index (χ2v) is 6.61. The lowest BCUT2D eigenvalue weighted by Crippen LogP contribution is -2.40. The van der Waals surface area contributed by atoms with E-state index in [4.69, 9.17) is 10.5 Å². The van der Waals surface area contributed by atoms with Crippen molar-refractivity contribution >= 4 is 10.0 Å². The zero-order chi connectivity index (χ0) is 13.9. The summed E-state index contributed by atoms with van der Waals surface area (Å²) < 4.78 is 31.8. The Morgan fingerprint density at radius 1 is 1.42 bits per heavy atom. The van der Waals surface area contributed by atoms with E-state index in [0.29, 0.717) is 19.6 Å². The topological polar surface area (TPSA) is 72.6 Å². The quantitative estimate of drug-likeness (QED) is 0.899. The Morgan fingerprint density at radius 2 is 2.16 bits per heavy atom. The van der Waals surface area contributed by atoms with E-state index in [1.54, 1.807) is 0 Å². The average molecular weight is 284 g/mol. The van der Waals surface area contributed by atoms with Gasteiger partial charge in [0.15, 0.2) is 0 Å². The van der Waals surface area contributed by atoms with E-state index in [0.717, 1.165) is 11.3 Å². The van der Waals surface area contributed by atoms with Crippen molar-refractivity contribution in [3.8, 4) is 5.75 Å². The lowest BCUT2D eigenvalue weighted by molar-refractivity contribution is 0.274. The second kappa shape index (κ2) is 5.90. The molecule has 1 aliphatic heterocycles. The summed E-state index contributed by atoms with van der Waals surface area (Å²) in [5.74, 6) is 0.873. The van der Waals surface area contributed by atoms with Gasteiger partial charge < -0.3 is 10.5 Å². The summed E-state index contributed by atoms with van der Waals surface area (Å²) in [7, 11) is -3.29. The zero-order valence-corrected chi connectivity index (χ0v) is 11.9. The van der Waals surface area contributed by atoms with Gasteiger partial charge in [0, 0.05) is 18.7 Å². The van der Waals surface area contributed by atoms with Gasteiger partial charge in [-0.3, -0.25) is 0 Å². The SMILES string of the molecule is CCCS(=O)(=O)N1CCOc2ccccc2C1CN. The number of para-hydroxylation sites is 1. The molecule has 1 heterocycles. The molecule has 0 radical (unpaired) electrons. The van der Waals surface area contributed by atoms with Gasteiger partial charge in [0.1, 0.15) is 12.4 Å². The molecule has 0 saturated carbocycles. The maximum absolute atomic E-state index is 12.3. The van der Waals surface area contributed by atoms with Gasteiger partial charge in [0.25, 0.3) is 0 Å². The molecule has 106 valence electrons. The Kier molecular flexibility index (Phi) is 4.44. The fourth-order valence-corrected chi connectivity index (χ4v) is 4.09. The average Bonchev–Trinajstić information content (AvgIpc) is 2.57. The van der Waals surface area contributed by atoms with Crippen molar-refractivity contribution in [2.45, 2.75) is 19.4 Å². The van der Waals surface area contributed by atoms with Gasteiger partial charge in [-0.2, -0.15) is 4.31 Å². The standard InChI is InChI=1S/C13H20N2O3S/c1-2-9-19(16,17)15-7-8-18-13-6-4-3-5-11(13)12(15)10-14/h3-6,12H,2,7-10,14H2,1H3. The Bertz CT molecular complexity index is 530. The van der Waals surface area contributed by atoms with Crippen LogP contribution in [0.15, 0.2) is 24.3 Å². The summed E-state index contributed by atoms with van der Waals surface area (Å²) >= 11 is 0. The molecule has 1 unspecified atom stereocenters. The molecule has 2 rings (SSSR count). The molecule has 2 N–H and O–H groups in total. The Labute approximate surface area is 114 Å². The van der Waals surface area contributed by atoms with E-state index in [2.05, 4.69) is 0 Å². The molecule has 0 aromatic heterocycles. The van der Waals surface area contributed by atoms with E-state index < -0.39 is 10.0 Å². The van der Waals surface area contributed by atoms with Gasteiger partial charge in [-0.15, -0.1) is 0 Å². The lowest BCUT2D eigenvalue weighted by Gasteiger charge is -2.28. The number of fused-ring (bicyclic) bond motifs is 1. The first kappa shape index (κ1) is 14.3. The molecule has 0 bridgehead atoms. The van der Waals surface area contributed by atoms with E-state index in [-0.39, 0.29) is 18.3 Å². The van der Waals surface area contributed by atoms with E-state index in [1.165, 1.54) is 4.31 Å². The number of nitrogens with two attached hydrogens (primary N) is 1. The highest BCUT2D eigenvalue weighted by atomic mass is 32.2. The number of hydrogen-bond donors (Lipinski definition) is 1. The smallest absolute Gasteiger partial charge is 0.214 e. The summed E-state index contributed by atoms with van der Waals surface area (Å²) in [4.78, 5) is 0. The predicted octanol–water partition coefficient (Wildman–Crippen LogP) is 1.12. The highest BCUT2D eigenvalue weighted by Gasteiger charge is 2.33. The summed E-state index contributed by atoms with van der Waals surface area (Å²) in [5, 5.41) is 0. The maximum atomic E-state index is 12.3. The minimum Gasteiger partial charge on any atom is -0.492 e. The fraction of sp³-hybridized carbons (Fsp3) is 0.538. The van der Waals surface area contributed by atoms with E-state index >= 15 is 0 Å². The summed E-state index contributed by atoms with van der Waals surface area (Å²) in [5.41, 5.74) is 6.66. The minimum absolute atomic E-state index is 0.145. The van der Waals surface area contributed by atoms with Gasteiger partial charge in [-0.1, -0.05) is 25.1 Å². The lowest BCUT2D eigenvalue weighted by atomic mass is 10.1. The highest BCUT2D eigenvalue weighted by Crippen LogP contribution is 2.32. The van der Waals surface area contributed by atoms with Crippen molar-refractivity contribution in [3.63, 3.8) is 0 Å². The monoisotopic (exact) mass is 284 g/mol. The molecule has 1 aromatic rings. The van der Waals surface area contributed by atoms with Crippen LogP contribution in [0.5, 0.6) is 5.75 Å². The summed E-state index contributed by atoms with van der Waals surface area (Å²) in [6.07, 6.45) is 0.596. The van der Waals surface area contributed by atoms with Gasteiger partial charge in [0.2, 0.25) is 10.0 Å². The number of benzene rings is 1. The third-order valence-electron chi connectivity index (χ3n) is 3.24. The van der Waals surface area contributed by atoms with Gasteiger partial charge in [-0.25, -0.2) is 8.42 Å². The number of hydrogen-bond acceptors (Lipinski definition) is 4. The summed E-state index contributed by atoms with van der Waals surface area (Å²) in [6, 6.07) is 7.15. The third-order valence-corrected chi connectivity index (χ3v) is 5.31. The highest BCUT2D eigenvalue weighted by molar-refractivity contribution is 7.89. The van der Waals surface area contributed by atoms with Crippen molar-refractivity contribution in [2.24, 2.45) is 5.73 Å². The first-order valence-corrected chi connectivity index (χ1v) is 8.12. The van der Waals surface area contributed by atoms with Crippen molar-refractivity contribution in [3.05, 3.63) is 29.8 Å². The molecule has 1 aromatic carbocycles. The number of sulfonamides is 1. The number of rotatable bonds is 4. The Morgan fingerprint density at radius 3 is 2.84 bits per heavy atom. The van der Waals surface area contributed by atoms with E-state index in [1.807, 2.05) is 31.2 Å². The predicted molar refractivity (Wildman–Crippen MR) is 74.5 cm³/mol.